The number of hydrogen-bond donors (Lipinski definition) is 2. The first-order chi connectivity index (χ1) is 13.5. The van der Waals surface area contributed by atoms with Crippen molar-refractivity contribution in [2.75, 3.05) is 32.1 Å². The van der Waals surface area contributed by atoms with Crippen LogP contribution < -0.4 is 15.4 Å². The predicted molar refractivity (Wildman–Crippen MR) is 111 cm³/mol. The Kier molecular flexibility index (Phi) is 8.49. The molecule has 0 aliphatic rings. The Morgan fingerprint density at radius 2 is 1.64 bits per heavy atom. The molecule has 2 rings (SSSR count). The van der Waals surface area contributed by atoms with Gasteiger partial charge in [-0.15, -0.1) is 0 Å². The summed E-state index contributed by atoms with van der Waals surface area (Å²) in [6, 6.07) is 17.0. The molecule has 2 aromatic carbocycles. The maximum atomic E-state index is 12.5. The molecule has 0 unspecified atom stereocenters. The van der Waals surface area contributed by atoms with E-state index in [-0.39, 0.29) is 30.9 Å². The maximum Gasteiger partial charge on any atom is 0.238 e. The highest BCUT2D eigenvalue weighted by Crippen LogP contribution is 2.22. The molecule has 2 N–H and O–H groups in total. The normalized spacial score (nSPS) is 11.7. The standard InChI is InChI=1S/C22H29N3O3/c1-4-14-25(15-21(26)23-17(2)18-10-6-5-7-11-18)16-22(27)24-19-12-8-9-13-20(19)28-3/h5-13,17H,4,14-16H2,1-3H3,(H,23,26)(H,24,27)/t17-/m0/s1. The minimum atomic E-state index is -0.179. The number of carbonyl (C=O) groups excluding carboxylic acids is 2. The molecule has 0 bridgehead atoms. The van der Waals surface area contributed by atoms with Crippen molar-refractivity contribution in [3.8, 4) is 5.75 Å². The van der Waals surface area contributed by atoms with Crippen molar-refractivity contribution >= 4 is 17.5 Å². The van der Waals surface area contributed by atoms with Gasteiger partial charge >= 0.3 is 0 Å². The van der Waals surface area contributed by atoms with Crippen LogP contribution in [-0.4, -0.2) is 43.5 Å². The van der Waals surface area contributed by atoms with Crippen LogP contribution in [0.25, 0.3) is 0 Å². The Bertz CT molecular complexity index is 765. The second-order valence-corrected chi connectivity index (χ2v) is 6.66. The van der Waals surface area contributed by atoms with E-state index in [2.05, 4.69) is 10.6 Å². The Hall–Kier alpha value is -2.86. The van der Waals surface area contributed by atoms with Gasteiger partial charge in [-0.05, 0) is 37.6 Å². The van der Waals surface area contributed by atoms with Crippen molar-refractivity contribution in [3.63, 3.8) is 0 Å². The van der Waals surface area contributed by atoms with Crippen LogP contribution in [0, 0.1) is 0 Å². The largest absolute Gasteiger partial charge is 0.495 e. The lowest BCUT2D eigenvalue weighted by molar-refractivity contribution is -0.124. The van der Waals surface area contributed by atoms with Crippen LogP contribution in [0.15, 0.2) is 54.6 Å². The number of amides is 2. The first-order valence-electron chi connectivity index (χ1n) is 9.53. The van der Waals surface area contributed by atoms with E-state index in [4.69, 9.17) is 4.74 Å². The van der Waals surface area contributed by atoms with E-state index in [0.29, 0.717) is 18.0 Å². The number of ether oxygens (including phenoxy) is 1. The zero-order valence-corrected chi connectivity index (χ0v) is 16.8. The maximum absolute atomic E-state index is 12.5. The van der Waals surface area contributed by atoms with Crippen molar-refractivity contribution in [3.05, 3.63) is 60.2 Å². The molecule has 6 heteroatoms. The first kappa shape index (κ1) is 21.4. The van der Waals surface area contributed by atoms with Crippen molar-refractivity contribution < 1.29 is 14.3 Å². The summed E-state index contributed by atoms with van der Waals surface area (Å²) in [7, 11) is 1.56. The lowest BCUT2D eigenvalue weighted by atomic mass is 10.1. The van der Waals surface area contributed by atoms with E-state index in [0.717, 1.165) is 12.0 Å². The zero-order valence-electron chi connectivity index (χ0n) is 16.8. The number of anilines is 1. The van der Waals surface area contributed by atoms with Gasteiger partial charge in [0.2, 0.25) is 11.8 Å². The molecule has 0 heterocycles. The van der Waals surface area contributed by atoms with E-state index < -0.39 is 0 Å². The van der Waals surface area contributed by atoms with Crippen molar-refractivity contribution in [1.29, 1.82) is 0 Å². The molecule has 28 heavy (non-hydrogen) atoms. The van der Waals surface area contributed by atoms with E-state index >= 15 is 0 Å². The molecule has 6 nitrogen and oxygen atoms in total. The van der Waals surface area contributed by atoms with E-state index in [1.54, 1.807) is 19.2 Å². The molecule has 150 valence electrons. The van der Waals surface area contributed by atoms with Gasteiger partial charge in [-0.1, -0.05) is 49.4 Å². The van der Waals surface area contributed by atoms with Gasteiger partial charge in [0.1, 0.15) is 5.75 Å². The van der Waals surface area contributed by atoms with Gasteiger partial charge in [0.15, 0.2) is 0 Å². The van der Waals surface area contributed by atoms with Crippen LogP contribution in [0.4, 0.5) is 5.69 Å². The molecule has 0 saturated carbocycles. The summed E-state index contributed by atoms with van der Waals surface area (Å²) < 4.78 is 5.26. The fourth-order valence-electron chi connectivity index (χ4n) is 2.99. The summed E-state index contributed by atoms with van der Waals surface area (Å²) in [6.07, 6.45) is 0.851. The van der Waals surface area contributed by atoms with E-state index in [1.165, 1.54) is 0 Å². The fraction of sp³-hybridized carbons (Fsp3) is 0.364. The highest BCUT2D eigenvalue weighted by Gasteiger charge is 2.17. The number of para-hydroxylation sites is 2. The number of carbonyl (C=O) groups is 2. The van der Waals surface area contributed by atoms with Crippen LogP contribution in [0.5, 0.6) is 5.75 Å². The molecule has 0 aromatic heterocycles. The first-order valence-corrected chi connectivity index (χ1v) is 9.53. The van der Waals surface area contributed by atoms with Crippen LogP contribution in [0.3, 0.4) is 0 Å². The highest BCUT2D eigenvalue weighted by molar-refractivity contribution is 5.94. The Morgan fingerprint density at radius 1 is 1.00 bits per heavy atom. The van der Waals surface area contributed by atoms with E-state index in [9.17, 15) is 9.59 Å². The van der Waals surface area contributed by atoms with Crippen LogP contribution >= 0.6 is 0 Å². The predicted octanol–water partition coefficient (Wildman–Crippen LogP) is 3.22. The molecule has 1 atom stereocenters. The average Bonchev–Trinajstić information content (AvgIpc) is 2.69. The summed E-state index contributed by atoms with van der Waals surface area (Å²) in [5.41, 5.74) is 1.67. The zero-order chi connectivity index (χ0) is 20.4. The van der Waals surface area contributed by atoms with Crippen molar-refractivity contribution in [1.82, 2.24) is 10.2 Å². The molecule has 0 spiro atoms. The molecule has 0 aliphatic heterocycles. The van der Waals surface area contributed by atoms with E-state index in [1.807, 2.05) is 61.2 Å². The van der Waals surface area contributed by atoms with Crippen molar-refractivity contribution in [2.45, 2.75) is 26.3 Å². The summed E-state index contributed by atoms with van der Waals surface area (Å²) in [5, 5.41) is 5.85. The minimum absolute atomic E-state index is 0.0837. The third-order valence-electron chi connectivity index (χ3n) is 4.33. The number of nitrogens with zero attached hydrogens (tertiary/aromatic N) is 1. The molecule has 2 aromatic rings. The van der Waals surface area contributed by atoms with Crippen LogP contribution in [0.2, 0.25) is 0 Å². The average molecular weight is 383 g/mol. The summed E-state index contributed by atoms with van der Waals surface area (Å²) in [6.45, 7) is 4.94. The summed E-state index contributed by atoms with van der Waals surface area (Å²) in [5.74, 6) is 0.323. The van der Waals surface area contributed by atoms with Gasteiger partial charge in [0, 0.05) is 0 Å². The Labute approximate surface area is 166 Å². The second kappa shape index (κ2) is 11.1. The third kappa shape index (κ3) is 6.70. The van der Waals surface area contributed by atoms with Crippen LogP contribution in [0.1, 0.15) is 31.9 Å². The molecule has 0 radical (unpaired) electrons. The number of rotatable bonds is 10. The lowest BCUT2D eigenvalue weighted by Gasteiger charge is -2.22. The lowest BCUT2D eigenvalue weighted by Crippen LogP contribution is -2.42. The molecule has 2 amide bonds. The quantitative estimate of drug-likeness (QED) is 0.661. The third-order valence-corrected chi connectivity index (χ3v) is 4.33. The Morgan fingerprint density at radius 3 is 2.32 bits per heavy atom. The van der Waals surface area contributed by atoms with Crippen LogP contribution in [-0.2, 0) is 9.59 Å². The van der Waals surface area contributed by atoms with Gasteiger partial charge in [0.25, 0.3) is 0 Å². The molecule has 0 saturated heterocycles. The second-order valence-electron chi connectivity index (χ2n) is 6.66. The number of methoxy groups -OCH3 is 1. The van der Waals surface area contributed by atoms with Gasteiger partial charge in [-0.25, -0.2) is 0 Å². The fourth-order valence-corrected chi connectivity index (χ4v) is 2.99. The number of nitrogens with one attached hydrogen (secondary N) is 2. The molecular weight excluding hydrogens is 354 g/mol. The highest BCUT2D eigenvalue weighted by atomic mass is 16.5. The monoisotopic (exact) mass is 383 g/mol. The smallest absolute Gasteiger partial charge is 0.238 e. The topological polar surface area (TPSA) is 70.7 Å². The summed E-state index contributed by atoms with van der Waals surface area (Å²) in [4.78, 5) is 26.7. The molecular formula is C22H29N3O3. The van der Waals surface area contributed by atoms with Gasteiger partial charge in [-0.2, -0.15) is 0 Å². The SMILES string of the molecule is CCCN(CC(=O)Nc1ccccc1OC)CC(=O)N[C@@H](C)c1ccccc1. The molecule has 0 fully saturated rings. The van der Waals surface area contributed by atoms with Gasteiger partial charge in [0.05, 0.1) is 31.9 Å². The van der Waals surface area contributed by atoms with Crippen molar-refractivity contribution in [2.24, 2.45) is 0 Å². The number of benzene rings is 2. The molecule has 0 aliphatic carbocycles. The number of hydrogen-bond acceptors (Lipinski definition) is 4. The van der Waals surface area contributed by atoms with Gasteiger partial charge in [-0.3, -0.25) is 14.5 Å². The summed E-state index contributed by atoms with van der Waals surface area (Å²) >= 11 is 0. The Balaban J connectivity index is 1.91. The minimum Gasteiger partial charge on any atom is -0.495 e. The van der Waals surface area contributed by atoms with Gasteiger partial charge < -0.3 is 15.4 Å².